The molecule has 1 saturated heterocycles. The minimum Gasteiger partial charge on any atom is -0.480 e. The Bertz CT molecular complexity index is 325. The third-order valence-electron chi connectivity index (χ3n) is 3.04. The maximum absolute atomic E-state index is 11.9. The predicted octanol–water partition coefficient (Wildman–Crippen LogP) is 1.26. The van der Waals surface area contributed by atoms with Crippen LogP contribution in [0.25, 0.3) is 0 Å². The van der Waals surface area contributed by atoms with Crippen LogP contribution in [0.1, 0.15) is 20.3 Å². The highest BCUT2D eigenvalue weighted by atomic mass is 32.2. The van der Waals surface area contributed by atoms with Crippen molar-refractivity contribution in [2.75, 3.05) is 37.8 Å². The lowest BCUT2D eigenvalue weighted by atomic mass is 10.1. The van der Waals surface area contributed by atoms with Gasteiger partial charge in [0.15, 0.2) is 0 Å². The molecule has 0 saturated carbocycles. The Labute approximate surface area is 124 Å². The molecule has 7 heteroatoms. The molecule has 0 aromatic carbocycles. The molecule has 1 heterocycles. The fraction of sp³-hybridized carbons (Fsp3) is 0.846. The highest BCUT2D eigenvalue weighted by Crippen LogP contribution is 2.16. The molecule has 0 radical (unpaired) electrons. The van der Waals surface area contributed by atoms with Gasteiger partial charge in [-0.3, -0.25) is 0 Å². The predicted molar refractivity (Wildman–Crippen MR) is 79.1 cm³/mol. The second kappa shape index (κ2) is 9.07. The number of hydrogen-bond acceptors (Lipinski definition) is 4. The maximum atomic E-state index is 11.9. The Morgan fingerprint density at radius 3 is 2.85 bits per heavy atom. The van der Waals surface area contributed by atoms with Crippen molar-refractivity contribution in [1.82, 2.24) is 10.2 Å². The van der Waals surface area contributed by atoms with E-state index < -0.39 is 12.0 Å². The van der Waals surface area contributed by atoms with Crippen LogP contribution in [-0.4, -0.2) is 65.9 Å². The zero-order valence-corrected chi connectivity index (χ0v) is 12.9. The Morgan fingerprint density at radius 1 is 1.45 bits per heavy atom. The summed E-state index contributed by atoms with van der Waals surface area (Å²) in [6, 6.07) is -1.04. The molecule has 116 valence electrons. The number of nitrogens with one attached hydrogen (secondary N) is 1. The lowest BCUT2D eigenvalue weighted by Crippen LogP contribution is -2.54. The largest absolute Gasteiger partial charge is 0.480 e. The highest BCUT2D eigenvalue weighted by molar-refractivity contribution is 7.99. The summed E-state index contributed by atoms with van der Waals surface area (Å²) in [5.74, 6) is 0.891. The first-order valence-electron chi connectivity index (χ1n) is 6.95. The van der Waals surface area contributed by atoms with Gasteiger partial charge in [-0.05, 0) is 12.3 Å². The van der Waals surface area contributed by atoms with Crippen LogP contribution in [0.15, 0.2) is 0 Å². The van der Waals surface area contributed by atoms with E-state index in [4.69, 9.17) is 9.84 Å². The van der Waals surface area contributed by atoms with E-state index in [0.29, 0.717) is 38.0 Å². The van der Waals surface area contributed by atoms with Gasteiger partial charge in [0.05, 0.1) is 6.61 Å². The third-order valence-corrected chi connectivity index (χ3v) is 4.06. The molecular formula is C13H24N2O4S. The fourth-order valence-electron chi connectivity index (χ4n) is 1.80. The number of nitrogens with zero attached hydrogens (tertiary/aromatic N) is 1. The van der Waals surface area contributed by atoms with E-state index >= 15 is 0 Å². The van der Waals surface area contributed by atoms with Crippen molar-refractivity contribution in [3.63, 3.8) is 0 Å². The van der Waals surface area contributed by atoms with Crippen LogP contribution in [0.2, 0.25) is 0 Å². The summed E-state index contributed by atoms with van der Waals surface area (Å²) in [6.45, 7) is 6.29. The fourth-order valence-corrected chi connectivity index (χ4v) is 2.84. The van der Waals surface area contributed by atoms with Gasteiger partial charge < -0.3 is 20.1 Å². The number of amides is 2. The molecule has 0 aromatic rings. The molecule has 1 aliphatic rings. The van der Waals surface area contributed by atoms with E-state index in [1.165, 1.54) is 4.90 Å². The number of carbonyl (C=O) groups excluding carboxylic acids is 1. The molecule has 20 heavy (non-hydrogen) atoms. The molecule has 6 nitrogen and oxygen atoms in total. The van der Waals surface area contributed by atoms with Gasteiger partial charge in [-0.25, -0.2) is 9.59 Å². The average molecular weight is 304 g/mol. The monoisotopic (exact) mass is 304 g/mol. The lowest BCUT2D eigenvalue weighted by Gasteiger charge is -2.32. The number of aliphatic carboxylic acids is 1. The van der Waals surface area contributed by atoms with Crippen LogP contribution in [-0.2, 0) is 9.53 Å². The summed E-state index contributed by atoms with van der Waals surface area (Å²) in [7, 11) is 0. The summed E-state index contributed by atoms with van der Waals surface area (Å²) >= 11 is 1.56. The topological polar surface area (TPSA) is 78.9 Å². The normalized spacial score (nSPS) is 19.1. The van der Waals surface area contributed by atoms with E-state index in [9.17, 15) is 9.59 Å². The molecule has 2 amide bonds. The standard InChI is InChI=1S/C13H24N2O4S/c1-10(2)3-6-19-7-4-14-13(18)15-5-8-20-9-11(15)12(16)17/h10-11H,3-9H2,1-2H3,(H,14,18)(H,16,17). The average Bonchev–Trinajstić information content (AvgIpc) is 2.42. The second-order valence-corrected chi connectivity index (χ2v) is 6.30. The van der Waals surface area contributed by atoms with E-state index in [-0.39, 0.29) is 6.03 Å². The highest BCUT2D eigenvalue weighted by Gasteiger charge is 2.32. The summed E-state index contributed by atoms with van der Waals surface area (Å²) in [5.41, 5.74) is 0. The minimum absolute atomic E-state index is 0.315. The van der Waals surface area contributed by atoms with Crippen LogP contribution >= 0.6 is 11.8 Å². The van der Waals surface area contributed by atoms with E-state index in [2.05, 4.69) is 19.2 Å². The van der Waals surface area contributed by atoms with Gasteiger partial charge in [0.25, 0.3) is 0 Å². The molecule has 0 aromatic heterocycles. The maximum Gasteiger partial charge on any atom is 0.327 e. The van der Waals surface area contributed by atoms with Gasteiger partial charge in [-0.2, -0.15) is 11.8 Å². The van der Waals surface area contributed by atoms with Crippen molar-refractivity contribution in [3.8, 4) is 0 Å². The Hall–Kier alpha value is -0.950. The quantitative estimate of drug-likeness (QED) is 0.692. The number of urea groups is 1. The van der Waals surface area contributed by atoms with Gasteiger partial charge in [0.1, 0.15) is 6.04 Å². The molecule has 1 atom stereocenters. The third kappa shape index (κ3) is 6.00. The zero-order valence-electron chi connectivity index (χ0n) is 12.1. The van der Waals surface area contributed by atoms with Crippen LogP contribution in [0, 0.1) is 5.92 Å². The van der Waals surface area contributed by atoms with Crippen LogP contribution in [0.5, 0.6) is 0 Å². The van der Waals surface area contributed by atoms with Crippen molar-refractivity contribution < 1.29 is 19.4 Å². The molecule has 0 bridgehead atoms. The van der Waals surface area contributed by atoms with Gasteiger partial charge >= 0.3 is 12.0 Å². The summed E-state index contributed by atoms with van der Waals surface area (Å²) in [5, 5.41) is 11.8. The summed E-state index contributed by atoms with van der Waals surface area (Å²) < 4.78 is 5.40. The lowest BCUT2D eigenvalue weighted by molar-refractivity contribution is -0.141. The van der Waals surface area contributed by atoms with Gasteiger partial charge in [-0.15, -0.1) is 0 Å². The Balaban J connectivity index is 2.22. The molecular weight excluding hydrogens is 280 g/mol. The van der Waals surface area contributed by atoms with E-state index in [1.807, 2.05) is 0 Å². The molecule has 1 unspecified atom stereocenters. The van der Waals surface area contributed by atoms with Crippen LogP contribution in [0.4, 0.5) is 4.79 Å². The van der Waals surface area contributed by atoms with Crippen molar-refractivity contribution in [3.05, 3.63) is 0 Å². The number of ether oxygens (including phenoxy) is 1. The minimum atomic E-state index is -0.944. The van der Waals surface area contributed by atoms with Crippen LogP contribution < -0.4 is 5.32 Å². The van der Waals surface area contributed by atoms with E-state index in [0.717, 1.165) is 12.2 Å². The van der Waals surface area contributed by atoms with Crippen molar-refractivity contribution >= 4 is 23.8 Å². The molecule has 0 spiro atoms. The Kier molecular flexibility index (Phi) is 7.76. The first-order chi connectivity index (χ1) is 9.52. The number of rotatable bonds is 7. The van der Waals surface area contributed by atoms with Crippen molar-refractivity contribution in [2.45, 2.75) is 26.3 Å². The first-order valence-corrected chi connectivity index (χ1v) is 8.10. The van der Waals surface area contributed by atoms with Crippen LogP contribution in [0.3, 0.4) is 0 Å². The number of thioether (sulfide) groups is 1. The number of hydrogen-bond donors (Lipinski definition) is 2. The molecule has 1 aliphatic heterocycles. The SMILES string of the molecule is CC(C)CCOCCNC(=O)N1CCSCC1C(=O)O. The molecule has 1 rings (SSSR count). The molecule has 0 aliphatic carbocycles. The number of carboxylic acids is 1. The Morgan fingerprint density at radius 2 is 2.20 bits per heavy atom. The molecule has 1 fully saturated rings. The van der Waals surface area contributed by atoms with Crippen molar-refractivity contribution in [2.24, 2.45) is 5.92 Å². The smallest absolute Gasteiger partial charge is 0.327 e. The van der Waals surface area contributed by atoms with Gasteiger partial charge in [-0.1, -0.05) is 13.8 Å². The summed E-state index contributed by atoms with van der Waals surface area (Å²) in [6.07, 6.45) is 0.998. The number of carboxylic acid groups (broad SMARTS) is 1. The zero-order chi connectivity index (χ0) is 15.0. The molecule has 2 N–H and O–H groups in total. The first kappa shape index (κ1) is 17.1. The number of carbonyl (C=O) groups is 2. The summed E-state index contributed by atoms with van der Waals surface area (Å²) in [4.78, 5) is 24.4. The second-order valence-electron chi connectivity index (χ2n) is 5.15. The van der Waals surface area contributed by atoms with Gasteiger partial charge in [0, 0.05) is 31.2 Å². The van der Waals surface area contributed by atoms with Gasteiger partial charge in [0.2, 0.25) is 0 Å². The van der Waals surface area contributed by atoms with E-state index in [1.54, 1.807) is 11.8 Å². The van der Waals surface area contributed by atoms with Crippen molar-refractivity contribution in [1.29, 1.82) is 0 Å².